The number of hydrogen-bond donors (Lipinski definition) is 2. The number of thiazole rings is 1. The van der Waals surface area contributed by atoms with E-state index in [2.05, 4.69) is 10.3 Å². The summed E-state index contributed by atoms with van der Waals surface area (Å²) in [6.07, 6.45) is -0.647. The van der Waals surface area contributed by atoms with Crippen molar-refractivity contribution in [2.24, 2.45) is 0 Å². The fourth-order valence-electron chi connectivity index (χ4n) is 1.40. The molecule has 1 amide bonds. The Balaban J connectivity index is 2.23. The van der Waals surface area contributed by atoms with Crippen molar-refractivity contribution in [1.29, 1.82) is 0 Å². The number of benzene rings is 1. The molecule has 0 spiro atoms. The second-order valence-electron chi connectivity index (χ2n) is 4.89. The van der Waals surface area contributed by atoms with Crippen LogP contribution in [-0.2, 0) is 4.74 Å². The average Bonchev–Trinajstić information content (AvgIpc) is 2.64. The number of carbonyl (C=O) groups is 1. The van der Waals surface area contributed by atoms with Gasteiger partial charge in [-0.15, -0.1) is 0 Å². The Morgan fingerprint density at radius 1 is 1.47 bits per heavy atom. The Morgan fingerprint density at radius 2 is 2.16 bits per heavy atom. The molecule has 19 heavy (non-hydrogen) atoms. The van der Waals surface area contributed by atoms with Gasteiger partial charge in [-0.2, -0.15) is 0 Å². The number of phenols is 1. The number of hydrogen-bond acceptors (Lipinski definition) is 5. The lowest BCUT2D eigenvalue weighted by atomic mass is 10.2. The van der Waals surface area contributed by atoms with Gasteiger partial charge in [-0.25, -0.2) is 14.2 Å². The SMILES string of the molecule is CC(C)(C)OC(=O)Nc1nc2c(O)c(F)ccc2s1. The number of amides is 1. The van der Waals surface area contributed by atoms with E-state index in [9.17, 15) is 14.3 Å². The molecule has 102 valence electrons. The van der Waals surface area contributed by atoms with Gasteiger partial charge in [-0.05, 0) is 32.9 Å². The summed E-state index contributed by atoms with van der Waals surface area (Å²) < 4.78 is 18.8. The maximum Gasteiger partial charge on any atom is 0.413 e. The van der Waals surface area contributed by atoms with Gasteiger partial charge in [0.05, 0.1) is 4.70 Å². The van der Waals surface area contributed by atoms with Gasteiger partial charge in [-0.1, -0.05) is 11.3 Å². The molecule has 0 atom stereocenters. The van der Waals surface area contributed by atoms with Crippen LogP contribution in [0.2, 0.25) is 0 Å². The van der Waals surface area contributed by atoms with Gasteiger partial charge in [0, 0.05) is 0 Å². The fraction of sp³-hybridized carbons (Fsp3) is 0.333. The highest BCUT2D eigenvalue weighted by atomic mass is 32.1. The lowest BCUT2D eigenvalue weighted by Gasteiger charge is -2.18. The summed E-state index contributed by atoms with van der Waals surface area (Å²) in [5, 5.41) is 12.2. The summed E-state index contributed by atoms with van der Waals surface area (Å²) in [4.78, 5) is 15.5. The third-order valence-electron chi connectivity index (χ3n) is 2.09. The number of phenolic OH excluding ortho intramolecular Hbond substituents is 1. The highest BCUT2D eigenvalue weighted by Crippen LogP contribution is 2.33. The third kappa shape index (κ3) is 3.11. The number of halogens is 1. The van der Waals surface area contributed by atoms with Gasteiger partial charge >= 0.3 is 6.09 Å². The minimum Gasteiger partial charge on any atom is -0.503 e. The van der Waals surface area contributed by atoms with E-state index in [4.69, 9.17) is 4.74 Å². The molecular weight excluding hydrogens is 271 g/mol. The van der Waals surface area contributed by atoms with Crippen molar-refractivity contribution in [3.05, 3.63) is 17.9 Å². The van der Waals surface area contributed by atoms with Crippen LogP contribution in [0.25, 0.3) is 10.2 Å². The zero-order chi connectivity index (χ0) is 14.2. The number of carbonyl (C=O) groups excluding carboxylic acids is 1. The normalized spacial score (nSPS) is 11.6. The summed E-state index contributed by atoms with van der Waals surface area (Å²) >= 11 is 1.12. The van der Waals surface area contributed by atoms with Crippen LogP contribution in [0.1, 0.15) is 20.8 Å². The van der Waals surface area contributed by atoms with E-state index in [1.165, 1.54) is 6.07 Å². The quantitative estimate of drug-likeness (QED) is 0.841. The summed E-state index contributed by atoms with van der Waals surface area (Å²) in [6.45, 7) is 5.23. The van der Waals surface area contributed by atoms with Crippen LogP contribution in [0.15, 0.2) is 12.1 Å². The summed E-state index contributed by atoms with van der Waals surface area (Å²) in [7, 11) is 0. The number of fused-ring (bicyclic) bond motifs is 1. The molecule has 1 aromatic carbocycles. The molecule has 1 aromatic heterocycles. The Labute approximate surface area is 113 Å². The molecule has 7 heteroatoms. The topological polar surface area (TPSA) is 71.5 Å². The standard InChI is InChI=1S/C12H13FN2O3S/c1-12(2,3)18-11(17)15-10-14-8-7(19-10)5-4-6(13)9(8)16/h4-5,16H,1-3H3,(H,14,15,17). The van der Waals surface area contributed by atoms with Gasteiger partial charge in [0.2, 0.25) is 0 Å². The Hall–Kier alpha value is -1.89. The van der Waals surface area contributed by atoms with E-state index >= 15 is 0 Å². The number of nitrogens with one attached hydrogen (secondary N) is 1. The van der Waals surface area contributed by atoms with Crippen LogP contribution in [-0.4, -0.2) is 21.8 Å². The first kappa shape index (κ1) is 13.5. The Morgan fingerprint density at radius 3 is 2.79 bits per heavy atom. The largest absolute Gasteiger partial charge is 0.503 e. The fourth-order valence-corrected chi connectivity index (χ4v) is 2.25. The first-order valence-corrected chi connectivity index (χ1v) is 6.36. The number of rotatable bonds is 1. The minimum absolute atomic E-state index is 0.121. The average molecular weight is 284 g/mol. The highest BCUT2D eigenvalue weighted by molar-refractivity contribution is 7.22. The molecule has 5 nitrogen and oxygen atoms in total. The van der Waals surface area contributed by atoms with Crippen molar-refractivity contribution >= 4 is 32.8 Å². The molecule has 0 unspecified atom stereocenters. The summed E-state index contributed by atoms with van der Waals surface area (Å²) in [6, 6.07) is 2.63. The van der Waals surface area contributed by atoms with Crippen molar-refractivity contribution < 1.29 is 19.0 Å². The van der Waals surface area contributed by atoms with Gasteiger partial charge in [-0.3, -0.25) is 5.32 Å². The maximum absolute atomic E-state index is 13.1. The van der Waals surface area contributed by atoms with E-state index in [0.29, 0.717) is 4.70 Å². The maximum atomic E-state index is 13.1. The molecule has 2 rings (SSSR count). The van der Waals surface area contributed by atoms with Gasteiger partial charge in [0.25, 0.3) is 0 Å². The van der Waals surface area contributed by atoms with E-state index in [-0.39, 0.29) is 10.6 Å². The first-order valence-electron chi connectivity index (χ1n) is 5.54. The lowest BCUT2D eigenvalue weighted by Crippen LogP contribution is -2.27. The zero-order valence-electron chi connectivity index (χ0n) is 10.7. The Bertz CT molecular complexity index is 634. The van der Waals surface area contributed by atoms with E-state index in [1.807, 2.05) is 0 Å². The lowest BCUT2D eigenvalue weighted by molar-refractivity contribution is 0.0636. The number of ether oxygens (including phenoxy) is 1. The molecule has 0 fully saturated rings. The molecule has 1 heterocycles. The van der Waals surface area contributed by atoms with Gasteiger partial charge in [0.15, 0.2) is 16.7 Å². The second kappa shape index (κ2) is 4.65. The third-order valence-corrected chi connectivity index (χ3v) is 3.03. The monoisotopic (exact) mass is 284 g/mol. The van der Waals surface area contributed by atoms with E-state index in [1.54, 1.807) is 20.8 Å². The molecule has 0 saturated heterocycles. The molecule has 2 aromatic rings. The molecule has 0 bridgehead atoms. The van der Waals surface area contributed by atoms with Crippen LogP contribution in [0, 0.1) is 5.82 Å². The van der Waals surface area contributed by atoms with Crippen LogP contribution in [0.5, 0.6) is 5.75 Å². The van der Waals surface area contributed by atoms with E-state index < -0.39 is 23.3 Å². The molecule has 0 aliphatic carbocycles. The van der Waals surface area contributed by atoms with Crippen LogP contribution < -0.4 is 5.32 Å². The van der Waals surface area contributed by atoms with Gasteiger partial charge in [0.1, 0.15) is 11.1 Å². The van der Waals surface area contributed by atoms with Crippen molar-refractivity contribution in [2.75, 3.05) is 5.32 Å². The molecule has 0 aliphatic rings. The first-order chi connectivity index (χ1) is 8.76. The Kier molecular flexibility index (Phi) is 3.32. The van der Waals surface area contributed by atoms with Crippen molar-refractivity contribution in [3.63, 3.8) is 0 Å². The van der Waals surface area contributed by atoms with Crippen LogP contribution in [0.4, 0.5) is 14.3 Å². The number of nitrogens with zero attached hydrogens (tertiary/aromatic N) is 1. The molecule has 2 N–H and O–H groups in total. The van der Waals surface area contributed by atoms with Crippen molar-refractivity contribution in [2.45, 2.75) is 26.4 Å². The number of aromatic nitrogens is 1. The zero-order valence-corrected chi connectivity index (χ0v) is 11.5. The molecule has 0 radical (unpaired) electrons. The van der Waals surface area contributed by atoms with Gasteiger partial charge < -0.3 is 9.84 Å². The molecule has 0 saturated carbocycles. The number of aromatic hydroxyl groups is 1. The molecular formula is C12H13FN2O3S. The van der Waals surface area contributed by atoms with E-state index in [0.717, 1.165) is 17.4 Å². The predicted molar refractivity (Wildman–Crippen MR) is 71.1 cm³/mol. The van der Waals surface area contributed by atoms with Crippen molar-refractivity contribution in [3.8, 4) is 5.75 Å². The summed E-state index contributed by atoms with van der Waals surface area (Å²) in [5.74, 6) is -1.27. The highest BCUT2D eigenvalue weighted by Gasteiger charge is 2.18. The molecule has 0 aliphatic heterocycles. The predicted octanol–water partition coefficient (Wildman–Crippen LogP) is 3.49. The minimum atomic E-state index is -0.749. The van der Waals surface area contributed by atoms with Crippen molar-refractivity contribution in [1.82, 2.24) is 4.98 Å². The second-order valence-corrected chi connectivity index (χ2v) is 5.92. The number of anilines is 1. The van der Waals surface area contributed by atoms with Crippen LogP contribution in [0.3, 0.4) is 0 Å². The smallest absolute Gasteiger partial charge is 0.413 e. The summed E-state index contributed by atoms with van der Waals surface area (Å²) in [5.41, 5.74) is -0.495. The van der Waals surface area contributed by atoms with Crippen LogP contribution >= 0.6 is 11.3 Å².